The highest BCUT2D eigenvalue weighted by Crippen LogP contribution is 2.42. The lowest BCUT2D eigenvalue weighted by atomic mass is 9.77. The van der Waals surface area contributed by atoms with Gasteiger partial charge in [0.25, 0.3) is 0 Å². The van der Waals surface area contributed by atoms with Gasteiger partial charge in [0, 0.05) is 11.6 Å². The Labute approximate surface area is 223 Å². The topological polar surface area (TPSA) is 9.23 Å². The van der Waals surface area contributed by atoms with E-state index in [4.69, 9.17) is 0 Å². The summed E-state index contributed by atoms with van der Waals surface area (Å²) in [4.78, 5) is 0. The Balaban J connectivity index is 1.55. The molecular formula is C29H24F10O. The van der Waals surface area contributed by atoms with Crippen LogP contribution < -0.4 is 4.74 Å². The van der Waals surface area contributed by atoms with E-state index in [2.05, 4.69) is 11.7 Å². The first kappa shape index (κ1) is 29.7. The SMILES string of the molecule is CCCC1CCC(c2ccc(C(F)(F)Oc3ccc(-c4cc(F)c(C(F)(F)F)c(F)c4)c(F)c3)c(F)c2F)CC1. The van der Waals surface area contributed by atoms with Gasteiger partial charge in [-0.1, -0.05) is 25.8 Å². The molecule has 216 valence electrons. The minimum absolute atomic E-state index is 0.00148. The normalized spacial score (nSPS) is 18.2. The van der Waals surface area contributed by atoms with E-state index < -0.39 is 69.4 Å². The molecule has 11 heteroatoms. The van der Waals surface area contributed by atoms with Gasteiger partial charge >= 0.3 is 12.3 Å². The zero-order valence-corrected chi connectivity index (χ0v) is 21.1. The molecule has 3 aromatic rings. The molecule has 1 fully saturated rings. The first-order chi connectivity index (χ1) is 18.7. The van der Waals surface area contributed by atoms with Gasteiger partial charge in [-0.15, -0.1) is 0 Å². The van der Waals surface area contributed by atoms with Gasteiger partial charge in [-0.3, -0.25) is 0 Å². The molecule has 1 aliphatic rings. The number of hydrogen-bond acceptors (Lipinski definition) is 1. The summed E-state index contributed by atoms with van der Waals surface area (Å²) in [5.41, 5.74) is -4.83. The van der Waals surface area contributed by atoms with Crippen molar-refractivity contribution in [2.24, 2.45) is 5.92 Å². The van der Waals surface area contributed by atoms with Gasteiger partial charge in [0.2, 0.25) is 0 Å². The average Bonchev–Trinajstić information content (AvgIpc) is 2.85. The molecule has 3 aromatic carbocycles. The summed E-state index contributed by atoms with van der Waals surface area (Å²) in [6, 6.07) is 4.17. The predicted octanol–water partition coefficient (Wildman–Crippen LogP) is 10.3. The van der Waals surface area contributed by atoms with Gasteiger partial charge in [-0.25, -0.2) is 22.0 Å². The number of benzene rings is 3. The zero-order chi connectivity index (χ0) is 29.4. The van der Waals surface area contributed by atoms with Crippen molar-refractivity contribution in [2.75, 3.05) is 0 Å². The number of halogens is 10. The van der Waals surface area contributed by atoms with E-state index >= 15 is 0 Å². The number of rotatable bonds is 7. The maximum absolute atomic E-state index is 14.9. The molecule has 1 nitrogen and oxygen atoms in total. The van der Waals surface area contributed by atoms with E-state index in [1.165, 1.54) is 0 Å². The van der Waals surface area contributed by atoms with E-state index in [9.17, 15) is 43.9 Å². The van der Waals surface area contributed by atoms with Gasteiger partial charge in [0.05, 0.1) is 0 Å². The quantitative estimate of drug-likeness (QED) is 0.254. The van der Waals surface area contributed by atoms with Crippen molar-refractivity contribution in [1.82, 2.24) is 0 Å². The van der Waals surface area contributed by atoms with Crippen molar-refractivity contribution in [3.63, 3.8) is 0 Å². The van der Waals surface area contributed by atoms with Gasteiger partial charge in [-0.2, -0.15) is 22.0 Å². The molecule has 1 aliphatic carbocycles. The van der Waals surface area contributed by atoms with Crippen LogP contribution in [0.25, 0.3) is 11.1 Å². The lowest BCUT2D eigenvalue weighted by molar-refractivity contribution is -0.187. The van der Waals surface area contributed by atoms with E-state index in [1.807, 2.05) is 0 Å². The molecule has 0 spiro atoms. The van der Waals surface area contributed by atoms with Crippen LogP contribution in [0.1, 0.15) is 68.1 Å². The smallest absolute Gasteiger partial charge is 0.429 e. The molecule has 0 bridgehead atoms. The highest BCUT2D eigenvalue weighted by Gasteiger charge is 2.41. The molecule has 0 unspecified atom stereocenters. The zero-order valence-electron chi connectivity index (χ0n) is 21.1. The van der Waals surface area contributed by atoms with Gasteiger partial charge in [0.15, 0.2) is 11.6 Å². The van der Waals surface area contributed by atoms with Gasteiger partial charge < -0.3 is 4.74 Å². The molecule has 0 aromatic heterocycles. The largest absolute Gasteiger partial charge is 0.429 e. The van der Waals surface area contributed by atoms with Crippen molar-refractivity contribution in [3.05, 3.63) is 88.2 Å². The molecule has 40 heavy (non-hydrogen) atoms. The van der Waals surface area contributed by atoms with Crippen LogP contribution in [0.2, 0.25) is 0 Å². The summed E-state index contributed by atoms with van der Waals surface area (Å²) < 4.78 is 145. The maximum Gasteiger partial charge on any atom is 0.429 e. The molecule has 4 rings (SSSR count). The average molecular weight is 578 g/mol. The Kier molecular flexibility index (Phi) is 8.42. The molecule has 0 radical (unpaired) electrons. The highest BCUT2D eigenvalue weighted by atomic mass is 19.4. The van der Waals surface area contributed by atoms with Crippen LogP contribution in [0.4, 0.5) is 43.9 Å². The minimum atomic E-state index is -5.34. The molecule has 0 saturated heterocycles. The molecule has 0 atom stereocenters. The molecule has 0 amide bonds. The van der Waals surface area contributed by atoms with Gasteiger partial charge in [-0.05, 0) is 79.0 Å². The Morgan fingerprint density at radius 2 is 1.38 bits per heavy atom. The lowest BCUT2D eigenvalue weighted by Crippen LogP contribution is -2.25. The summed E-state index contributed by atoms with van der Waals surface area (Å²) in [6.45, 7) is 2.06. The molecule has 0 aliphatic heterocycles. The summed E-state index contributed by atoms with van der Waals surface area (Å²) in [7, 11) is 0. The van der Waals surface area contributed by atoms with E-state index in [0.717, 1.165) is 43.9 Å². The number of alkyl halides is 5. The fraction of sp³-hybridized carbons (Fsp3) is 0.379. The summed E-state index contributed by atoms with van der Waals surface area (Å²) >= 11 is 0. The van der Waals surface area contributed by atoms with Crippen LogP contribution in [0, 0.1) is 35.0 Å². The summed E-state index contributed by atoms with van der Waals surface area (Å²) in [5.74, 6) is -9.24. The predicted molar refractivity (Wildman–Crippen MR) is 127 cm³/mol. The molecule has 0 N–H and O–H groups in total. The summed E-state index contributed by atoms with van der Waals surface area (Å²) in [5, 5.41) is 0. The third-order valence-corrected chi connectivity index (χ3v) is 7.23. The number of hydrogen-bond donors (Lipinski definition) is 0. The second-order valence-corrected chi connectivity index (χ2v) is 9.91. The molecule has 1 saturated carbocycles. The standard InChI is InChI=1S/C29H24F10O/c1-2-3-15-4-6-16(7-5-15)20-10-11-21(27(34)26(20)33)29(38,39)40-18-8-9-19(22(30)14-18)17-12-23(31)25(24(32)13-17)28(35,36)37/h8-16H,2-7H2,1H3. The maximum atomic E-state index is 14.9. The Morgan fingerprint density at radius 3 is 1.93 bits per heavy atom. The van der Waals surface area contributed by atoms with Gasteiger partial charge in [0.1, 0.15) is 34.3 Å². The van der Waals surface area contributed by atoms with Crippen molar-refractivity contribution < 1.29 is 48.6 Å². The van der Waals surface area contributed by atoms with Crippen LogP contribution in [0.5, 0.6) is 5.75 Å². The van der Waals surface area contributed by atoms with Crippen LogP contribution >= 0.6 is 0 Å². The van der Waals surface area contributed by atoms with Crippen molar-refractivity contribution in [3.8, 4) is 16.9 Å². The van der Waals surface area contributed by atoms with E-state index in [-0.39, 0.29) is 23.6 Å². The van der Waals surface area contributed by atoms with E-state index in [1.54, 1.807) is 0 Å². The second-order valence-electron chi connectivity index (χ2n) is 9.91. The Hall–Kier alpha value is -3.24. The third-order valence-electron chi connectivity index (χ3n) is 7.23. The van der Waals surface area contributed by atoms with Crippen LogP contribution in [-0.4, -0.2) is 0 Å². The molecular weight excluding hydrogens is 554 g/mol. The fourth-order valence-corrected chi connectivity index (χ4v) is 5.27. The first-order valence-corrected chi connectivity index (χ1v) is 12.6. The fourth-order valence-electron chi connectivity index (χ4n) is 5.27. The second kappa shape index (κ2) is 11.3. The Bertz CT molecular complexity index is 1350. The lowest BCUT2D eigenvalue weighted by Gasteiger charge is -2.29. The molecule has 0 heterocycles. The minimum Gasteiger partial charge on any atom is -0.429 e. The summed E-state index contributed by atoms with van der Waals surface area (Å²) in [6.07, 6.45) is -4.87. The van der Waals surface area contributed by atoms with Crippen molar-refractivity contribution in [2.45, 2.75) is 63.7 Å². The van der Waals surface area contributed by atoms with Crippen molar-refractivity contribution in [1.29, 1.82) is 0 Å². The number of ether oxygens (including phenoxy) is 1. The third kappa shape index (κ3) is 6.07. The van der Waals surface area contributed by atoms with Crippen LogP contribution in [-0.2, 0) is 12.3 Å². The highest BCUT2D eigenvalue weighted by molar-refractivity contribution is 5.66. The van der Waals surface area contributed by atoms with Crippen LogP contribution in [0.3, 0.4) is 0 Å². The first-order valence-electron chi connectivity index (χ1n) is 12.6. The van der Waals surface area contributed by atoms with Crippen LogP contribution in [0.15, 0.2) is 42.5 Å². The van der Waals surface area contributed by atoms with Crippen molar-refractivity contribution >= 4 is 0 Å². The van der Waals surface area contributed by atoms with E-state index in [0.29, 0.717) is 30.9 Å². The Morgan fingerprint density at radius 1 is 0.750 bits per heavy atom. The monoisotopic (exact) mass is 578 g/mol.